The highest BCUT2D eigenvalue weighted by Crippen LogP contribution is 2.27. The number of amides is 3. The number of hydrogen-bond donors (Lipinski definition) is 3. The number of nitrogens with one attached hydrogen (secondary N) is 3. The van der Waals surface area contributed by atoms with Crippen molar-refractivity contribution in [3.05, 3.63) is 76.8 Å². The summed E-state index contributed by atoms with van der Waals surface area (Å²) in [7, 11) is 3.74. The van der Waals surface area contributed by atoms with Crippen molar-refractivity contribution in [2.45, 2.75) is 51.6 Å². The zero-order chi connectivity index (χ0) is 28.5. The van der Waals surface area contributed by atoms with Gasteiger partial charge >= 0.3 is 0 Å². The third kappa shape index (κ3) is 9.30. The average molecular weight is 550 g/mol. The maximum Gasteiger partial charge on any atom is 0.247 e. The lowest BCUT2D eigenvalue weighted by Crippen LogP contribution is -2.53. The number of fused-ring (bicyclic) bond motifs is 1. The van der Waals surface area contributed by atoms with E-state index in [1.54, 1.807) is 0 Å². The molecule has 1 heterocycles. The second-order valence-electron chi connectivity index (χ2n) is 10.4. The Kier molecular flexibility index (Phi) is 10.8. The summed E-state index contributed by atoms with van der Waals surface area (Å²) in [4.78, 5) is 44.7. The molecule has 208 valence electrons. The van der Waals surface area contributed by atoms with Crippen LogP contribution in [0.1, 0.15) is 42.8 Å². The van der Waals surface area contributed by atoms with Crippen LogP contribution in [0, 0.1) is 0 Å². The van der Waals surface area contributed by atoms with Crippen LogP contribution in [-0.4, -0.2) is 66.9 Å². The van der Waals surface area contributed by atoms with Gasteiger partial charge in [0.15, 0.2) is 0 Å². The van der Waals surface area contributed by atoms with Gasteiger partial charge in [-0.25, -0.2) is 4.98 Å². The lowest BCUT2D eigenvalue weighted by Gasteiger charge is -2.24. The van der Waals surface area contributed by atoms with Gasteiger partial charge in [-0.05, 0) is 49.7 Å². The van der Waals surface area contributed by atoms with Gasteiger partial charge in [0.05, 0.1) is 21.3 Å². The Morgan fingerprint density at radius 2 is 1.74 bits per heavy atom. The van der Waals surface area contributed by atoms with Gasteiger partial charge in [0.25, 0.3) is 0 Å². The van der Waals surface area contributed by atoms with E-state index >= 15 is 0 Å². The minimum Gasteiger partial charge on any atom is -0.350 e. The Morgan fingerprint density at radius 3 is 2.38 bits per heavy atom. The van der Waals surface area contributed by atoms with Crippen molar-refractivity contribution in [2.24, 2.45) is 0 Å². The monoisotopic (exact) mass is 549 g/mol. The van der Waals surface area contributed by atoms with Gasteiger partial charge in [0.1, 0.15) is 6.04 Å². The van der Waals surface area contributed by atoms with E-state index in [1.807, 2.05) is 55.4 Å². The molecule has 8 nitrogen and oxygen atoms in total. The van der Waals surface area contributed by atoms with Crippen LogP contribution in [0.4, 0.5) is 0 Å². The summed E-state index contributed by atoms with van der Waals surface area (Å²) in [6.07, 6.45) is 0.782. The van der Waals surface area contributed by atoms with Gasteiger partial charge in [-0.2, -0.15) is 0 Å². The molecule has 0 aliphatic rings. The molecule has 3 N–H and O–H groups in total. The fourth-order valence-electron chi connectivity index (χ4n) is 4.23. The quantitative estimate of drug-likeness (QED) is 0.284. The van der Waals surface area contributed by atoms with E-state index in [9.17, 15) is 14.4 Å². The average Bonchev–Trinajstić information content (AvgIpc) is 3.28. The molecule has 0 fully saturated rings. The molecular formula is C30H39N5O3S. The number of benzene rings is 2. The van der Waals surface area contributed by atoms with Crippen LogP contribution in [0.2, 0.25) is 0 Å². The van der Waals surface area contributed by atoms with Crippen molar-refractivity contribution >= 4 is 39.3 Å². The third-order valence-electron chi connectivity index (χ3n) is 6.20. The van der Waals surface area contributed by atoms with Gasteiger partial charge in [-0.1, -0.05) is 56.8 Å². The molecule has 0 aliphatic heterocycles. The van der Waals surface area contributed by atoms with Gasteiger partial charge in [-0.15, -0.1) is 11.3 Å². The highest BCUT2D eigenvalue weighted by molar-refractivity contribution is 7.18. The Hall–Kier alpha value is -3.56. The Labute approximate surface area is 234 Å². The fourth-order valence-corrected chi connectivity index (χ4v) is 5.29. The molecule has 0 saturated carbocycles. The number of nitrogens with zero attached hydrogens (tertiary/aromatic N) is 2. The molecule has 0 spiro atoms. The van der Waals surface area contributed by atoms with E-state index in [1.165, 1.54) is 23.8 Å². The van der Waals surface area contributed by atoms with Gasteiger partial charge in [0, 0.05) is 32.0 Å². The molecule has 3 aromatic rings. The lowest BCUT2D eigenvalue weighted by atomic mass is 10.0. The predicted molar refractivity (Wildman–Crippen MR) is 158 cm³/mol. The Balaban J connectivity index is 1.76. The molecular weight excluding hydrogens is 510 g/mol. The number of carbonyl (C=O) groups excluding carboxylic acids is 3. The van der Waals surface area contributed by atoms with Crippen molar-refractivity contribution in [3.8, 4) is 0 Å². The highest BCUT2D eigenvalue weighted by Gasteiger charge is 2.25. The number of aromatic nitrogens is 1. The van der Waals surface area contributed by atoms with Crippen LogP contribution in [0.25, 0.3) is 10.2 Å². The Bertz CT molecular complexity index is 1300. The molecule has 3 amide bonds. The predicted octanol–water partition coefficient (Wildman–Crippen LogP) is 3.43. The lowest BCUT2D eigenvalue weighted by molar-refractivity contribution is -0.128. The maximum absolute atomic E-state index is 13.5. The molecule has 0 saturated heterocycles. The van der Waals surface area contributed by atoms with E-state index in [0.29, 0.717) is 24.5 Å². The molecule has 3 rings (SSSR count). The summed E-state index contributed by atoms with van der Waals surface area (Å²) in [5, 5.41) is 9.51. The van der Waals surface area contributed by atoms with E-state index in [0.717, 1.165) is 20.8 Å². The van der Waals surface area contributed by atoms with Gasteiger partial charge < -0.3 is 20.9 Å². The van der Waals surface area contributed by atoms with E-state index in [2.05, 4.69) is 48.5 Å². The molecule has 0 aliphatic carbocycles. The van der Waals surface area contributed by atoms with Gasteiger partial charge in [-0.3, -0.25) is 14.4 Å². The molecule has 1 aromatic heterocycles. The van der Waals surface area contributed by atoms with Gasteiger partial charge in [0.2, 0.25) is 17.7 Å². The van der Waals surface area contributed by atoms with Crippen LogP contribution in [0.3, 0.4) is 0 Å². The fraction of sp³-hybridized carbons (Fsp3) is 0.400. The smallest absolute Gasteiger partial charge is 0.247 e. The minimum atomic E-state index is -0.801. The number of thiazole rings is 1. The number of carbonyl (C=O) groups is 3. The molecule has 0 bridgehead atoms. The zero-order valence-corrected chi connectivity index (χ0v) is 24.2. The molecule has 39 heavy (non-hydrogen) atoms. The first-order valence-electron chi connectivity index (χ1n) is 13.1. The zero-order valence-electron chi connectivity index (χ0n) is 23.4. The summed E-state index contributed by atoms with van der Waals surface area (Å²) in [5.41, 5.74) is 3.57. The minimum absolute atomic E-state index is 0.220. The second-order valence-corrected chi connectivity index (χ2v) is 11.5. The summed E-state index contributed by atoms with van der Waals surface area (Å²) in [6, 6.07) is 14.8. The maximum atomic E-state index is 13.5. The van der Waals surface area contributed by atoms with Crippen LogP contribution >= 0.6 is 11.3 Å². The molecule has 9 heteroatoms. The highest BCUT2D eigenvalue weighted by atomic mass is 32.1. The molecule has 0 unspecified atom stereocenters. The normalized spacial score (nSPS) is 12.8. The summed E-state index contributed by atoms with van der Waals surface area (Å²) in [6.45, 7) is 10.2. The number of rotatable bonds is 13. The van der Waals surface area contributed by atoms with E-state index in [-0.39, 0.29) is 30.7 Å². The van der Waals surface area contributed by atoms with Crippen molar-refractivity contribution in [1.29, 1.82) is 0 Å². The largest absolute Gasteiger partial charge is 0.350 e. The van der Waals surface area contributed by atoms with Crippen molar-refractivity contribution < 1.29 is 14.4 Å². The topological polar surface area (TPSA) is 103 Å². The molecule has 0 radical (unpaired) electrons. The first-order valence-corrected chi connectivity index (χ1v) is 13.9. The third-order valence-corrected chi connectivity index (χ3v) is 7.25. The summed E-state index contributed by atoms with van der Waals surface area (Å²) >= 11 is 1.53. The van der Waals surface area contributed by atoms with Crippen molar-refractivity contribution in [3.63, 3.8) is 0 Å². The first kappa shape index (κ1) is 30.0. The standard InChI is InChI=1S/C30H39N5O3S/c1-19(2)23-12-13-25-27(15-23)39-28(34-25)16-26(32-21(4)36)30(38)33-24(14-22-10-8-7-9-11-22)17-31-29(37)20(3)18-35(5)6/h7-13,15,19,24,26H,3,14,16-18H2,1-2,4-6H3,(H,31,37)(H,32,36)(H,33,38)/t24-,26-/m0/s1. The van der Waals surface area contributed by atoms with Crippen LogP contribution in [0.5, 0.6) is 0 Å². The second kappa shape index (κ2) is 14.0. The number of hydrogen-bond acceptors (Lipinski definition) is 6. The van der Waals surface area contributed by atoms with E-state index in [4.69, 9.17) is 4.98 Å². The van der Waals surface area contributed by atoms with Crippen LogP contribution in [-0.2, 0) is 27.2 Å². The number of likely N-dealkylation sites (N-methyl/N-ethyl adjacent to an activating group) is 1. The first-order chi connectivity index (χ1) is 18.5. The Morgan fingerprint density at radius 1 is 1.03 bits per heavy atom. The van der Waals surface area contributed by atoms with E-state index < -0.39 is 12.1 Å². The van der Waals surface area contributed by atoms with Crippen LogP contribution in [0.15, 0.2) is 60.7 Å². The summed E-state index contributed by atoms with van der Waals surface area (Å²) < 4.78 is 1.06. The SMILES string of the molecule is C=C(CN(C)C)C(=O)NC[C@H](Cc1ccccc1)NC(=O)[C@H](Cc1nc2ccc(C(C)C)cc2s1)NC(C)=O. The van der Waals surface area contributed by atoms with Crippen LogP contribution < -0.4 is 16.0 Å². The van der Waals surface area contributed by atoms with Crippen molar-refractivity contribution in [2.75, 3.05) is 27.2 Å². The summed E-state index contributed by atoms with van der Waals surface area (Å²) in [5.74, 6) is -0.481. The molecule has 2 atom stereocenters. The van der Waals surface area contributed by atoms with Crippen molar-refractivity contribution in [1.82, 2.24) is 25.8 Å². The molecule has 2 aromatic carbocycles.